The first-order chi connectivity index (χ1) is 29.2. The highest BCUT2D eigenvalue weighted by atomic mass is 79.9. The summed E-state index contributed by atoms with van der Waals surface area (Å²) in [7, 11) is 0. The highest BCUT2D eigenvalue weighted by Crippen LogP contribution is 2.52. The van der Waals surface area contributed by atoms with Crippen molar-refractivity contribution < 1.29 is 17.6 Å². The van der Waals surface area contributed by atoms with Crippen LogP contribution in [-0.2, 0) is 10.8 Å². The summed E-state index contributed by atoms with van der Waals surface area (Å²) in [5, 5.41) is 3.31. The van der Waals surface area contributed by atoms with E-state index < -0.39 is 5.82 Å². The average molecular weight is 876 g/mol. The Balaban J connectivity index is 0.000000139. The zero-order valence-electron chi connectivity index (χ0n) is 34.1. The van der Waals surface area contributed by atoms with Crippen LogP contribution in [0.5, 0.6) is 0 Å². The van der Waals surface area contributed by atoms with Crippen LogP contribution in [0.25, 0.3) is 44.5 Å². The van der Waals surface area contributed by atoms with Gasteiger partial charge in [-0.2, -0.15) is 0 Å². The van der Waals surface area contributed by atoms with Crippen LogP contribution in [0, 0.1) is 23.3 Å². The second-order valence-corrected chi connectivity index (χ2v) is 17.2. The van der Waals surface area contributed by atoms with E-state index in [4.69, 9.17) is 5.73 Å². The second kappa shape index (κ2) is 16.5. The lowest BCUT2D eigenvalue weighted by Crippen LogP contribution is -2.14. The van der Waals surface area contributed by atoms with Gasteiger partial charge in [-0.1, -0.05) is 153 Å². The minimum absolute atomic E-state index is 0.0664. The standard InChI is InChI=1S/C27H21F2N.C15H13Br.C12H9F2N/c1-27(2)21-10-4-3-9-20(21)26-22(27)11-6-12-24(26)30-25-16-18(13-14-23(25)29)17-7-5-8-19(28)15-17;1-15(2)11-7-4-3-6-10(11)14-12(15)8-5-9-13(14)16;13-10-3-1-2-8(6-10)9-4-5-11(14)12(15)7-9/h3-16,30H,1-2H3;3-9H,1-2H3;1-7H,15H2. The molecule has 0 amide bonds. The summed E-state index contributed by atoms with van der Waals surface area (Å²) in [5.74, 6) is -1.45. The summed E-state index contributed by atoms with van der Waals surface area (Å²) in [4.78, 5) is 0. The van der Waals surface area contributed by atoms with Crippen molar-refractivity contribution in [2.45, 2.75) is 38.5 Å². The molecule has 0 aromatic heterocycles. The number of hydrogen-bond acceptors (Lipinski definition) is 2. The fourth-order valence-electron chi connectivity index (χ4n) is 8.57. The molecule has 0 atom stereocenters. The van der Waals surface area contributed by atoms with Crippen LogP contribution in [0.15, 0.2) is 174 Å². The van der Waals surface area contributed by atoms with Gasteiger partial charge in [0.1, 0.15) is 23.3 Å². The summed E-state index contributed by atoms with van der Waals surface area (Å²) < 4.78 is 55.4. The van der Waals surface area contributed by atoms with Gasteiger partial charge in [0.05, 0.1) is 11.4 Å². The zero-order valence-corrected chi connectivity index (χ0v) is 35.7. The Morgan fingerprint density at radius 3 is 1.46 bits per heavy atom. The molecule has 8 aromatic rings. The second-order valence-electron chi connectivity index (χ2n) is 16.3. The highest BCUT2D eigenvalue weighted by Gasteiger charge is 2.37. The largest absolute Gasteiger partial charge is 0.396 e. The average Bonchev–Trinajstić information content (AvgIpc) is 3.64. The van der Waals surface area contributed by atoms with E-state index in [1.807, 2.05) is 24.3 Å². The van der Waals surface area contributed by atoms with Gasteiger partial charge in [0, 0.05) is 32.1 Å². The molecule has 10 rings (SSSR count). The minimum Gasteiger partial charge on any atom is -0.396 e. The number of fused-ring (bicyclic) bond motifs is 6. The van der Waals surface area contributed by atoms with Crippen LogP contribution < -0.4 is 11.1 Å². The molecule has 304 valence electrons. The Bertz CT molecular complexity index is 2940. The molecule has 0 fully saturated rings. The third-order valence-corrected chi connectivity index (χ3v) is 12.4. The third-order valence-electron chi connectivity index (χ3n) is 11.7. The summed E-state index contributed by atoms with van der Waals surface area (Å²) in [5.41, 5.74) is 19.9. The van der Waals surface area contributed by atoms with Crippen molar-refractivity contribution in [2.75, 3.05) is 11.1 Å². The van der Waals surface area contributed by atoms with Crippen LogP contribution in [0.3, 0.4) is 0 Å². The number of nitrogens with one attached hydrogen (secondary N) is 1. The molecule has 7 heteroatoms. The Hall–Kier alpha value is -6.44. The molecule has 2 aliphatic rings. The number of benzene rings is 8. The summed E-state index contributed by atoms with van der Waals surface area (Å²) in [6.07, 6.45) is 0. The maximum absolute atomic E-state index is 14.7. The molecule has 3 N–H and O–H groups in total. The van der Waals surface area contributed by atoms with E-state index in [0.717, 1.165) is 16.8 Å². The normalized spacial score (nSPS) is 13.3. The molecule has 2 aliphatic carbocycles. The molecule has 0 saturated heterocycles. The molecule has 0 unspecified atom stereocenters. The molecule has 8 aromatic carbocycles. The maximum Gasteiger partial charge on any atom is 0.146 e. The van der Waals surface area contributed by atoms with Crippen molar-refractivity contribution in [3.63, 3.8) is 0 Å². The number of halogens is 5. The zero-order chi connectivity index (χ0) is 43.1. The van der Waals surface area contributed by atoms with E-state index in [-0.39, 0.29) is 34.0 Å². The molecule has 0 spiro atoms. The topological polar surface area (TPSA) is 38.0 Å². The van der Waals surface area contributed by atoms with Crippen LogP contribution in [0.4, 0.5) is 34.6 Å². The highest BCUT2D eigenvalue weighted by molar-refractivity contribution is 9.10. The van der Waals surface area contributed by atoms with Crippen LogP contribution >= 0.6 is 15.9 Å². The Morgan fingerprint density at radius 1 is 0.426 bits per heavy atom. The Kier molecular flexibility index (Phi) is 11.2. The van der Waals surface area contributed by atoms with Gasteiger partial charge in [-0.25, -0.2) is 17.6 Å². The van der Waals surface area contributed by atoms with Gasteiger partial charge in [0.2, 0.25) is 0 Å². The number of nitrogens with two attached hydrogens (primary N) is 1. The van der Waals surface area contributed by atoms with E-state index >= 15 is 0 Å². The van der Waals surface area contributed by atoms with E-state index in [2.05, 4.69) is 116 Å². The summed E-state index contributed by atoms with van der Waals surface area (Å²) >= 11 is 3.67. The molecule has 0 radical (unpaired) electrons. The predicted octanol–water partition coefficient (Wildman–Crippen LogP) is 15.7. The first kappa shape index (κ1) is 41.3. The van der Waals surface area contributed by atoms with E-state index in [1.54, 1.807) is 36.4 Å². The van der Waals surface area contributed by atoms with E-state index in [9.17, 15) is 17.6 Å². The van der Waals surface area contributed by atoms with Crippen LogP contribution in [-0.4, -0.2) is 0 Å². The van der Waals surface area contributed by atoms with Crippen molar-refractivity contribution in [1.82, 2.24) is 0 Å². The number of rotatable bonds is 4. The van der Waals surface area contributed by atoms with Crippen molar-refractivity contribution in [3.8, 4) is 44.5 Å². The first-order valence-electron chi connectivity index (χ1n) is 20.0. The monoisotopic (exact) mass is 874 g/mol. The van der Waals surface area contributed by atoms with Crippen molar-refractivity contribution >= 4 is 33.0 Å². The van der Waals surface area contributed by atoms with Crippen molar-refractivity contribution in [1.29, 1.82) is 0 Å². The third kappa shape index (κ3) is 7.98. The smallest absolute Gasteiger partial charge is 0.146 e. The molecular formula is C54H43BrF4N2. The quantitative estimate of drug-likeness (QED) is 0.137. The van der Waals surface area contributed by atoms with Gasteiger partial charge >= 0.3 is 0 Å². The molecule has 0 saturated carbocycles. The lowest BCUT2D eigenvalue weighted by molar-refractivity contribution is 0.627. The number of nitrogen functional groups attached to an aromatic ring is 1. The molecular weight excluding hydrogens is 833 g/mol. The molecule has 0 bridgehead atoms. The Labute approximate surface area is 362 Å². The van der Waals surface area contributed by atoms with E-state index in [1.165, 1.54) is 85.9 Å². The van der Waals surface area contributed by atoms with Crippen molar-refractivity contribution in [2.24, 2.45) is 0 Å². The molecule has 0 heterocycles. The minimum atomic E-state index is -0.463. The van der Waals surface area contributed by atoms with Gasteiger partial charge < -0.3 is 11.1 Å². The summed E-state index contributed by atoms with van der Waals surface area (Å²) in [6.45, 7) is 9.02. The van der Waals surface area contributed by atoms with Gasteiger partial charge in [0.25, 0.3) is 0 Å². The fraction of sp³-hybridized carbons (Fsp3) is 0.111. The van der Waals surface area contributed by atoms with Gasteiger partial charge in [0.15, 0.2) is 0 Å². The van der Waals surface area contributed by atoms with Gasteiger partial charge in [-0.05, 0) is 116 Å². The van der Waals surface area contributed by atoms with Crippen LogP contribution in [0.2, 0.25) is 0 Å². The maximum atomic E-state index is 14.7. The predicted molar refractivity (Wildman–Crippen MR) is 247 cm³/mol. The van der Waals surface area contributed by atoms with Crippen molar-refractivity contribution in [3.05, 3.63) is 220 Å². The fourth-order valence-corrected chi connectivity index (χ4v) is 9.15. The molecule has 61 heavy (non-hydrogen) atoms. The van der Waals surface area contributed by atoms with E-state index in [0.29, 0.717) is 22.4 Å². The Morgan fingerprint density at radius 2 is 0.885 bits per heavy atom. The summed E-state index contributed by atoms with van der Waals surface area (Å²) in [6, 6.07) is 51.2. The SMILES string of the molecule is CC1(C)c2ccccc2-c2c(Br)cccc21.CC1(C)c2ccccc2-c2c(Nc3cc(-c4cccc(F)c4)ccc3F)cccc21.Nc1cc(-c2cccc(F)c2)ccc1F. The van der Waals surface area contributed by atoms with Gasteiger partial charge in [-0.15, -0.1) is 0 Å². The lowest BCUT2D eigenvalue weighted by atomic mass is 9.82. The lowest BCUT2D eigenvalue weighted by Gasteiger charge is -2.21. The number of anilines is 3. The molecule has 0 aliphatic heterocycles. The van der Waals surface area contributed by atoms with Gasteiger partial charge in [-0.3, -0.25) is 0 Å². The number of hydrogen-bond donors (Lipinski definition) is 2. The first-order valence-corrected chi connectivity index (χ1v) is 20.8. The molecule has 2 nitrogen and oxygen atoms in total. The van der Waals surface area contributed by atoms with Crippen LogP contribution in [0.1, 0.15) is 49.9 Å².